The number of rotatable bonds is 4. The minimum absolute atomic E-state index is 0.116. The summed E-state index contributed by atoms with van der Waals surface area (Å²) in [5.74, 6) is -2.10. The standard InChI is InChI=1S/C16H11BrF2N2O/c17-16-12(8-20-21-16)11-6-7-13(15(19)14(11)18)22-9-10-4-2-1-3-5-10/h1-8H,9H2,(H,20,21). The van der Waals surface area contributed by atoms with E-state index in [4.69, 9.17) is 4.74 Å². The molecule has 0 saturated heterocycles. The van der Waals surface area contributed by atoms with Crippen LogP contribution in [0.2, 0.25) is 0 Å². The highest BCUT2D eigenvalue weighted by atomic mass is 79.9. The highest BCUT2D eigenvalue weighted by Crippen LogP contribution is 2.33. The zero-order valence-corrected chi connectivity index (χ0v) is 12.9. The molecule has 2 aromatic carbocycles. The van der Waals surface area contributed by atoms with E-state index in [-0.39, 0.29) is 17.9 Å². The van der Waals surface area contributed by atoms with Crippen molar-refractivity contribution in [2.24, 2.45) is 0 Å². The molecule has 0 spiro atoms. The zero-order valence-electron chi connectivity index (χ0n) is 11.3. The quantitative estimate of drug-likeness (QED) is 0.728. The van der Waals surface area contributed by atoms with Crippen LogP contribution in [-0.2, 0) is 6.61 Å². The first-order valence-electron chi connectivity index (χ1n) is 6.51. The number of H-pyrrole nitrogens is 1. The van der Waals surface area contributed by atoms with Crippen LogP contribution in [0.15, 0.2) is 53.3 Å². The summed E-state index contributed by atoms with van der Waals surface area (Å²) in [6, 6.07) is 12.2. The third kappa shape index (κ3) is 2.87. The van der Waals surface area contributed by atoms with Crippen LogP contribution in [0.3, 0.4) is 0 Å². The van der Waals surface area contributed by atoms with Gasteiger partial charge in [-0.25, -0.2) is 4.39 Å². The van der Waals surface area contributed by atoms with Crippen molar-refractivity contribution in [2.45, 2.75) is 6.61 Å². The van der Waals surface area contributed by atoms with Gasteiger partial charge in [-0.3, -0.25) is 5.10 Å². The van der Waals surface area contributed by atoms with Gasteiger partial charge >= 0.3 is 0 Å². The minimum atomic E-state index is -1.01. The predicted octanol–water partition coefficient (Wildman–Crippen LogP) is 4.70. The number of nitrogens with zero attached hydrogens (tertiary/aromatic N) is 1. The van der Waals surface area contributed by atoms with E-state index in [0.717, 1.165) is 5.56 Å². The fourth-order valence-corrected chi connectivity index (χ4v) is 2.46. The molecular weight excluding hydrogens is 354 g/mol. The average molecular weight is 365 g/mol. The molecule has 0 unspecified atom stereocenters. The van der Waals surface area contributed by atoms with Crippen LogP contribution in [0.5, 0.6) is 5.75 Å². The number of hydrogen-bond acceptors (Lipinski definition) is 2. The van der Waals surface area contributed by atoms with Crippen molar-refractivity contribution in [1.29, 1.82) is 0 Å². The van der Waals surface area contributed by atoms with Crippen LogP contribution in [0, 0.1) is 11.6 Å². The Morgan fingerprint density at radius 3 is 2.45 bits per heavy atom. The summed E-state index contributed by atoms with van der Waals surface area (Å²) in [4.78, 5) is 0. The van der Waals surface area contributed by atoms with E-state index in [1.54, 1.807) is 0 Å². The molecule has 0 aliphatic heterocycles. The lowest BCUT2D eigenvalue weighted by atomic mass is 10.1. The van der Waals surface area contributed by atoms with Gasteiger partial charge in [0.2, 0.25) is 5.82 Å². The number of halogens is 3. The lowest BCUT2D eigenvalue weighted by Crippen LogP contribution is -2.00. The molecule has 1 heterocycles. The summed E-state index contributed by atoms with van der Waals surface area (Å²) < 4.78 is 34.2. The fourth-order valence-electron chi connectivity index (χ4n) is 2.04. The second kappa shape index (κ2) is 6.27. The Balaban J connectivity index is 1.86. The molecule has 1 N–H and O–H groups in total. The van der Waals surface area contributed by atoms with E-state index in [9.17, 15) is 8.78 Å². The summed E-state index contributed by atoms with van der Waals surface area (Å²) >= 11 is 3.20. The predicted molar refractivity (Wildman–Crippen MR) is 82.4 cm³/mol. The van der Waals surface area contributed by atoms with Gasteiger partial charge in [0.1, 0.15) is 11.2 Å². The van der Waals surface area contributed by atoms with E-state index < -0.39 is 11.6 Å². The van der Waals surface area contributed by atoms with Crippen LogP contribution < -0.4 is 4.74 Å². The highest BCUT2D eigenvalue weighted by molar-refractivity contribution is 9.10. The lowest BCUT2D eigenvalue weighted by molar-refractivity contribution is 0.285. The normalized spacial score (nSPS) is 10.7. The van der Waals surface area contributed by atoms with E-state index >= 15 is 0 Å². The monoisotopic (exact) mass is 364 g/mol. The van der Waals surface area contributed by atoms with Gasteiger partial charge in [0.15, 0.2) is 11.6 Å². The Bertz CT molecular complexity index is 790. The SMILES string of the molecule is Fc1c(OCc2ccccc2)ccc(-c2cn[nH]c2Br)c1F. The molecule has 0 aliphatic rings. The van der Waals surface area contributed by atoms with Crippen molar-refractivity contribution in [1.82, 2.24) is 10.2 Å². The second-order valence-corrected chi connectivity index (χ2v) is 5.40. The Hall–Kier alpha value is -2.21. The minimum Gasteiger partial charge on any atom is -0.486 e. The van der Waals surface area contributed by atoms with Gasteiger partial charge < -0.3 is 4.74 Å². The van der Waals surface area contributed by atoms with Gasteiger partial charge in [-0.1, -0.05) is 30.3 Å². The summed E-state index contributed by atoms with van der Waals surface area (Å²) in [5.41, 5.74) is 1.44. The molecule has 6 heteroatoms. The van der Waals surface area contributed by atoms with Crippen LogP contribution in [0.25, 0.3) is 11.1 Å². The summed E-state index contributed by atoms with van der Waals surface area (Å²) in [5, 5.41) is 6.40. The molecule has 3 rings (SSSR count). The Morgan fingerprint density at radius 2 is 1.77 bits per heavy atom. The third-order valence-corrected chi connectivity index (χ3v) is 3.77. The second-order valence-electron chi connectivity index (χ2n) is 4.61. The Labute approximate surface area is 134 Å². The number of hydrogen-bond donors (Lipinski definition) is 1. The molecule has 1 aromatic heterocycles. The number of benzene rings is 2. The molecule has 0 bridgehead atoms. The van der Waals surface area contributed by atoms with Gasteiger partial charge in [-0.15, -0.1) is 0 Å². The summed E-state index contributed by atoms with van der Waals surface area (Å²) in [6.07, 6.45) is 1.42. The Kier molecular flexibility index (Phi) is 4.20. The molecule has 112 valence electrons. The number of aromatic nitrogens is 2. The van der Waals surface area contributed by atoms with E-state index in [0.29, 0.717) is 10.2 Å². The molecule has 3 aromatic rings. The average Bonchev–Trinajstić information content (AvgIpc) is 2.96. The highest BCUT2D eigenvalue weighted by Gasteiger charge is 2.18. The van der Waals surface area contributed by atoms with Crippen LogP contribution in [0.4, 0.5) is 8.78 Å². The molecule has 0 amide bonds. The molecular formula is C16H11BrF2N2O. The molecule has 0 fully saturated rings. The van der Waals surface area contributed by atoms with E-state index in [1.807, 2.05) is 30.3 Å². The number of aromatic amines is 1. The maximum Gasteiger partial charge on any atom is 0.201 e. The molecule has 22 heavy (non-hydrogen) atoms. The first kappa shape index (κ1) is 14.7. The van der Waals surface area contributed by atoms with Crippen molar-refractivity contribution < 1.29 is 13.5 Å². The lowest BCUT2D eigenvalue weighted by Gasteiger charge is -2.10. The molecule has 0 atom stereocenters. The molecule has 0 saturated carbocycles. The molecule has 0 aliphatic carbocycles. The van der Waals surface area contributed by atoms with Crippen molar-refractivity contribution in [2.75, 3.05) is 0 Å². The molecule has 0 radical (unpaired) electrons. The van der Waals surface area contributed by atoms with Crippen LogP contribution >= 0.6 is 15.9 Å². The van der Waals surface area contributed by atoms with Crippen LogP contribution in [0.1, 0.15) is 5.56 Å². The Morgan fingerprint density at radius 1 is 1.00 bits per heavy atom. The van der Waals surface area contributed by atoms with Crippen molar-refractivity contribution in [3.63, 3.8) is 0 Å². The first-order valence-corrected chi connectivity index (χ1v) is 7.30. The summed E-state index contributed by atoms with van der Waals surface area (Å²) in [7, 11) is 0. The number of ether oxygens (including phenoxy) is 1. The van der Waals surface area contributed by atoms with Crippen molar-refractivity contribution in [3.05, 3.63) is 70.5 Å². The van der Waals surface area contributed by atoms with Gasteiger partial charge in [0, 0.05) is 11.1 Å². The summed E-state index contributed by atoms with van der Waals surface area (Å²) in [6.45, 7) is 0.173. The van der Waals surface area contributed by atoms with E-state index in [1.165, 1.54) is 18.3 Å². The van der Waals surface area contributed by atoms with Gasteiger partial charge in [0.25, 0.3) is 0 Å². The fraction of sp³-hybridized carbons (Fsp3) is 0.0625. The third-order valence-electron chi connectivity index (χ3n) is 3.17. The van der Waals surface area contributed by atoms with Crippen molar-refractivity contribution >= 4 is 15.9 Å². The van der Waals surface area contributed by atoms with Crippen molar-refractivity contribution in [3.8, 4) is 16.9 Å². The zero-order chi connectivity index (χ0) is 15.5. The maximum absolute atomic E-state index is 14.2. The molecule has 3 nitrogen and oxygen atoms in total. The topological polar surface area (TPSA) is 37.9 Å². The van der Waals surface area contributed by atoms with Gasteiger partial charge in [0.05, 0.1) is 6.20 Å². The van der Waals surface area contributed by atoms with Crippen LogP contribution in [-0.4, -0.2) is 10.2 Å². The number of nitrogens with one attached hydrogen (secondary N) is 1. The van der Waals surface area contributed by atoms with Gasteiger partial charge in [-0.2, -0.15) is 9.49 Å². The van der Waals surface area contributed by atoms with Gasteiger partial charge in [-0.05, 0) is 33.6 Å². The smallest absolute Gasteiger partial charge is 0.201 e. The van der Waals surface area contributed by atoms with E-state index in [2.05, 4.69) is 26.1 Å². The first-order chi connectivity index (χ1) is 10.7. The maximum atomic E-state index is 14.2. The largest absolute Gasteiger partial charge is 0.486 e.